The highest BCUT2D eigenvalue weighted by Gasteiger charge is 2.45. The van der Waals surface area contributed by atoms with Crippen LogP contribution in [0, 0.1) is 13.8 Å². The number of nitrogens with one attached hydrogen (secondary N) is 4. The lowest BCUT2D eigenvalue weighted by Gasteiger charge is -2.29. The summed E-state index contributed by atoms with van der Waals surface area (Å²) in [5.74, 6) is 0.395. The zero-order chi connectivity index (χ0) is 51.7. The molecule has 0 spiro atoms. The summed E-state index contributed by atoms with van der Waals surface area (Å²) >= 11 is 0. The van der Waals surface area contributed by atoms with Gasteiger partial charge in [0.25, 0.3) is 11.8 Å². The maximum Gasteiger partial charge on any atom is 0.264 e. The quantitative estimate of drug-likeness (QED) is 0.0267. The van der Waals surface area contributed by atoms with E-state index in [1.165, 1.54) is 19.3 Å². The summed E-state index contributed by atoms with van der Waals surface area (Å²) in [4.78, 5) is 57.7. The normalized spacial score (nSPS) is 16.0. The standard InChI is InChI=1S/C55H70N8O11/c1-37-12-19-47(53(65)57-37)63-54(66)44-10-7-11-45(51(44)55(63)67)56-22-25-69-27-29-71-31-33-73-35-34-72-32-30-70-28-26-68-24-21-49(64)58-43-16-13-40(14-17-43)15-18-46-52(59-42-8-5-4-6-9-42)62-23-20-41(36-48(62)60-46)50-38(2)61-74-39(50)3/h7,10-11,13-14,16-17,20,23,36,42,47,56,59H,1,4-6,8-9,12,15,18-19,21-22,24-35H2,2-3H3,(H,57,65)(H,58,64). The number of carbonyl (C=O) groups excluding carboxylic acids is 4. The van der Waals surface area contributed by atoms with Crippen LogP contribution in [0.1, 0.15) is 94.8 Å². The first kappa shape index (κ1) is 53.8. The number of rotatable bonds is 30. The van der Waals surface area contributed by atoms with Crippen molar-refractivity contribution in [3.8, 4) is 11.1 Å². The molecule has 8 rings (SSSR count). The van der Waals surface area contributed by atoms with Crippen LogP contribution in [0.4, 0.5) is 17.2 Å². The molecule has 0 radical (unpaired) electrons. The number of aromatic nitrogens is 3. The number of anilines is 3. The van der Waals surface area contributed by atoms with E-state index >= 15 is 0 Å². The zero-order valence-electron chi connectivity index (χ0n) is 42.7. The van der Waals surface area contributed by atoms with Gasteiger partial charge < -0.3 is 54.2 Å². The number of allylic oxidation sites excluding steroid dienone is 1. The fourth-order valence-corrected chi connectivity index (χ4v) is 9.52. The number of imide groups is 1. The van der Waals surface area contributed by atoms with E-state index in [0.717, 1.165) is 81.6 Å². The Bertz CT molecular complexity index is 2680. The highest BCUT2D eigenvalue weighted by Crippen LogP contribution is 2.34. The monoisotopic (exact) mass is 1020 g/mol. The minimum absolute atomic E-state index is 0.113. The van der Waals surface area contributed by atoms with Gasteiger partial charge in [-0.3, -0.25) is 28.5 Å². The molecule has 396 valence electrons. The summed E-state index contributed by atoms with van der Waals surface area (Å²) < 4.78 is 41.2. The average Bonchev–Trinajstić information content (AvgIpc) is 4.01. The third-order valence-corrected chi connectivity index (χ3v) is 13.3. The lowest BCUT2D eigenvalue weighted by Crippen LogP contribution is -2.51. The van der Waals surface area contributed by atoms with Crippen molar-refractivity contribution >= 4 is 46.5 Å². The molecule has 2 aliphatic heterocycles. The van der Waals surface area contributed by atoms with Crippen LogP contribution in [-0.2, 0) is 50.9 Å². The number of nitrogens with zero attached hydrogens (tertiary/aromatic N) is 4. The van der Waals surface area contributed by atoms with Gasteiger partial charge in [0.05, 0.1) is 108 Å². The fourth-order valence-electron chi connectivity index (χ4n) is 9.52. The molecule has 0 bridgehead atoms. The molecule has 1 aliphatic carbocycles. The van der Waals surface area contributed by atoms with E-state index in [2.05, 4.69) is 67.9 Å². The highest BCUT2D eigenvalue weighted by molar-refractivity contribution is 6.25. The lowest BCUT2D eigenvalue weighted by atomic mass is 9.95. The Labute approximate surface area is 432 Å². The molecule has 3 aliphatic rings. The van der Waals surface area contributed by atoms with Crippen LogP contribution in [0.25, 0.3) is 16.8 Å². The number of imidazole rings is 1. The molecule has 2 fully saturated rings. The van der Waals surface area contributed by atoms with E-state index < -0.39 is 23.8 Å². The SMILES string of the molecule is C=C1CCC(N2C(=O)c3cccc(NCCOCCOCCOCCOCCOCCOCCC(=O)Nc4ccc(CCc5nc6cc(-c7c(C)noc7C)ccn6c5NC5CCCCC5)cc4)c3C2=O)C(=O)N1. The number of carbonyl (C=O) groups is 4. The fraction of sp³-hybridized carbons (Fsp3) is 0.491. The van der Waals surface area contributed by atoms with Gasteiger partial charge in [0, 0.05) is 41.4 Å². The van der Waals surface area contributed by atoms with Crippen molar-refractivity contribution in [2.45, 2.75) is 90.1 Å². The van der Waals surface area contributed by atoms with Gasteiger partial charge in [-0.15, -0.1) is 0 Å². The van der Waals surface area contributed by atoms with E-state index in [1.807, 2.05) is 26.0 Å². The first-order valence-corrected chi connectivity index (χ1v) is 25.9. The number of benzene rings is 2. The number of hydrogen-bond acceptors (Lipinski definition) is 15. The van der Waals surface area contributed by atoms with Crippen LogP contribution in [-0.4, -0.2) is 141 Å². The van der Waals surface area contributed by atoms with Gasteiger partial charge in [-0.1, -0.05) is 49.2 Å². The molecule has 5 aromatic rings. The van der Waals surface area contributed by atoms with E-state index in [0.29, 0.717) is 116 Å². The van der Waals surface area contributed by atoms with Gasteiger partial charge in [0.1, 0.15) is 23.3 Å². The third kappa shape index (κ3) is 14.4. The van der Waals surface area contributed by atoms with Crippen LogP contribution in [0.5, 0.6) is 0 Å². The number of fused-ring (bicyclic) bond motifs is 2. The Balaban J connectivity index is 0.608. The van der Waals surface area contributed by atoms with Gasteiger partial charge in [-0.05, 0) is 99.9 Å². The third-order valence-electron chi connectivity index (χ3n) is 13.3. The Hall–Kier alpha value is -6.48. The molecule has 5 heterocycles. The maximum atomic E-state index is 13.3. The van der Waals surface area contributed by atoms with Crippen LogP contribution < -0.4 is 21.3 Å². The molecule has 3 aromatic heterocycles. The van der Waals surface area contributed by atoms with Crippen molar-refractivity contribution in [3.05, 3.63) is 107 Å². The molecule has 2 aromatic carbocycles. The van der Waals surface area contributed by atoms with Gasteiger partial charge in [0.15, 0.2) is 0 Å². The van der Waals surface area contributed by atoms with Crippen molar-refractivity contribution in [2.24, 2.45) is 0 Å². The summed E-state index contributed by atoms with van der Waals surface area (Å²) in [7, 11) is 0. The smallest absolute Gasteiger partial charge is 0.264 e. The molecule has 1 atom stereocenters. The second kappa shape index (κ2) is 27.2. The van der Waals surface area contributed by atoms with E-state index in [9.17, 15) is 19.2 Å². The summed E-state index contributed by atoms with van der Waals surface area (Å²) in [5.41, 5.74) is 8.41. The maximum absolute atomic E-state index is 13.3. The molecule has 1 saturated heterocycles. The molecular weight excluding hydrogens is 949 g/mol. The number of amides is 4. The molecular formula is C55H70N8O11. The van der Waals surface area contributed by atoms with Gasteiger partial charge in [-0.25, -0.2) is 4.98 Å². The van der Waals surface area contributed by atoms with E-state index in [-0.39, 0.29) is 23.5 Å². The summed E-state index contributed by atoms with van der Waals surface area (Å²) in [5, 5.41) is 16.8. The summed E-state index contributed by atoms with van der Waals surface area (Å²) in [6, 6.07) is 16.8. The van der Waals surface area contributed by atoms with Crippen LogP contribution >= 0.6 is 0 Å². The molecule has 1 saturated carbocycles. The van der Waals surface area contributed by atoms with Crippen LogP contribution in [0.3, 0.4) is 0 Å². The largest absolute Gasteiger partial charge is 0.382 e. The Morgan fingerprint density at radius 3 is 2.08 bits per heavy atom. The van der Waals surface area contributed by atoms with Crippen molar-refractivity contribution in [1.82, 2.24) is 24.8 Å². The van der Waals surface area contributed by atoms with E-state index in [1.54, 1.807) is 18.2 Å². The minimum Gasteiger partial charge on any atom is -0.382 e. The predicted octanol–water partition coefficient (Wildman–Crippen LogP) is 7.06. The van der Waals surface area contributed by atoms with Crippen molar-refractivity contribution in [1.29, 1.82) is 0 Å². The minimum atomic E-state index is -0.860. The molecule has 19 heteroatoms. The predicted molar refractivity (Wildman–Crippen MR) is 278 cm³/mol. The average molecular weight is 1020 g/mol. The molecule has 1 unspecified atom stereocenters. The van der Waals surface area contributed by atoms with Crippen LogP contribution in [0.15, 0.2) is 77.6 Å². The number of piperidine rings is 1. The number of ether oxygens (including phenoxy) is 6. The molecule has 74 heavy (non-hydrogen) atoms. The van der Waals surface area contributed by atoms with Gasteiger partial charge in [0.2, 0.25) is 11.8 Å². The lowest BCUT2D eigenvalue weighted by molar-refractivity contribution is -0.125. The first-order valence-electron chi connectivity index (χ1n) is 25.9. The topological polar surface area (TPSA) is 218 Å². The Kier molecular flexibility index (Phi) is 19.8. The number of aryl methyl sites for hydroxylation is 4. The van der Waals surface area contributed by atoms with Crippen LogP contribution in [0.2, 0.25) is 0 Å². The number of hydrogen-bond donors (Lipinski definition) is 4. The van der Waals surface area contributed by atoms with Crippen molar-refractivity contribution in [2.75, 3.05) is 102 Å². The zero-order valence-corrected chi connectivity index (χ0v) is 42.7. The number of pyridine rings is 1. The highest BCUT2D eigenvalue weighted by atomic mass is 16.6. The molecule has 19 nitrogen and oxygen atoms in total. The Morgan fingerprint density at radius 1 is 0.770 bits per heavy atom. The van der Waals surface area contributed by atoms with Gasteiger partial charge >= 0.3 is 0 Å². The first-order chi connectivity index (χ1) is 36.1. The van der Waals surface area contributed by atoms with Crippen molar-refractivity contribution in [3.63, 3.8) is 0 Å². The summed E-state index contributed by atoms with van der Waals surface area (Å²) in [6.07, 6.45) is 10.9. The molecule has 4 N–H and O–H groups in total. The second-order valence-electron chi connectivity index (χ2n) is 18.7. The Morgan fingerprint density at radius 2 is 1.43 bits per heavy atom. The van der Waals surface area contributed by atoms with Gasteiger partial charge in [-0.2, -0.15) is 0 Å². The van der Waals surface area contributed by atoms with E-state index in [4.69, 9.17) is 37.9 Å². The van der Waals surface area contributed by atoms with Crippen molar-refractivity contribution < 1.29 is 52.1 Å². The summed E-state index contributed by atoms with van der Waals surface area (Å²) in [6.45, 7) is 12.8. The molecule has 4 amide bonds. The second-order valence-corrected chi connectivity index (χ2v) is 18.7.